The van der Waals surface area contributed by atoms with Crippen molar-refractivity contribution in [2.45, 2.75) is 26.4 Å². The van der Waals surface area contributed by atoms with Crippen molar-refractivity contribution in [2.24, 2.45) is 5.92 Å². The molecule has 0 spiro atoms. The zero-order chi connectivity index (χ0) is 15.4. The summed E-state index contributed by atoms with van der Waals surface area (Å²) < 4.78 is 13.8. The van der Waals surface area contributed by atoms with Gasteiger partial charge in [-0.25, -0.2) is 4.39 Å². The van der Waals surface area contributed by atoms with E-state index in [4.69, 9.17) is 23.2 Å². The zero-order valence-corrected chi connectivity index (χ0v) is 13.5. The lowest BCUT2D eigenvalue weighted by molar-refractivity contribution is 0.406. The van der Waals surface area contributed by atoms with E-state index in [1.807, 2.05) is 24.3 Å². The van der Waals surface area contributed by atoms with E-state index in [-0.39, 0.29) is 11.9 Å². The van der Waals surface area contributed by atoms with E-state index in [0.717, 1.165) is 5.56 Å². The molecule has 0 aliphatic heterocycles. The van der Waals surface area contributed by atoms with E-state index in [1.165, 1.54) is 6.07 Å². The van der Waals surface area contributed by atoms with Crippen molar-refractivity contribution in [3.63, 3.8) is 0 Å². The summed E-state index contributed by atoms with van der Waals surface area (Å²) in [6, 6.07) is 12.5. The highest BCUT2D eigenvalue weighted by atomic mass is 35.5. The Morgan fingerprint density at radius 1 is 1.00 bits per heavy atom. The molecule has 2 aromatic carbocycles. The maximum atomic E-state index is 13.8. The molecule has 1 N–H and O–H groups in total. The fourth-order valence-electron chi connectivity index (χ4n) is 2.31. The van der Waals surface area contributed by atoms with Crippen LogP contribution in [-0.2, 0) is 6.54 Å². The summed E-state index contributed by atoms with van der Waals surface area (Å²) in [6.45, 7) is 4.68. The van der Waals surface area contributed by atoms with Gasteiger partial charge in [0.2, 0.25) is 0 Å². The van der Waals surface area contributed by atoms with Crippen LogP contribution < -0.4 is 5.32 Å². The molecule has 4 heteroatoms. The third kappa shape index (κ3) is 4.44. The van der Waals surface area contributed by atoms with Crippen LogP contribution >= 0.6 is 23.2 Å². The number of hydrogen-bond donors (Lipinski definition) is 1. The van der Waals surface area contributed by atoms with Crippen LogP contribution in [0.3, 0.4) is 0 Å². The molecule has 0 saturated carbocycles. The molecule has 0 radical (unpaired) electrons. The smallest absolute Gasteiger partial charge is 0.127 e. The SMILES string of the molecule is CC(C)C(NCc1cc(Cl)ccc1F)c1ccc(Cl)cc1. The number of benzene rings is 2. The highest BCUT2D eigenvalue weighted by Crippen LogP contribution is 2.24. The third-order valence-electron chi connectivity index (χ3n) is 3.42. The van der Waals surface area contributed by atoms with E-state index < -0.39 is 0 Å². The summed E-state index contributed by atoms with van der Waals surface area (Å²) in [5.41, 5.74) is 1.71. The van der Waals surface area contributed by atoms with Crippen molar-refractivity contribution in [3.05, 3.63) is 69.5 Å². The summed E-state index contributed by atoms with van der Waals surface area (Å²) in [5.74, 6) is 0.124. The van der Waals surface area contributed by atoms with E-state index in [2.05, 4.69) is 19.2 Å². The van der Waals surface area contributed by atoms with Gasteiger partial charge in [-0.05, 0) is 41.8 Å². The number of hydrogen-bond acceptors (Lipinski definition) is 1. The van der Waals surface area contributed by atoms with Gasteiger partial charge in [0, 0.05) is 28.2 Å². The average Bonchev–Trinajstić information content (AvgIpc) is 2.44. The predicted octanol–water partition coefficient (Wildman–Crippen LogP) is 5.62. The third-order valence-corrected chi connectivity index (χ3v) is 3.90. The molecule has 1 nitrogen and oxygen atoms in total. The molecule has 0 bridgehead atoms. The van der Waals surface area contributed by atoms with Crippen LogP contribution in [-0.4, -0.2) is 0 Å². The van der Waals surface area contributed by atoms with Crippen molar-refractivity contribution < 1.29 is 4.39 Å². The van der Waals surface area contributed by atoms with Gasteiger partial charge < -0.3 is 5.32 Å². The first kappa shape index (κ1) is 16.3. The lowest BCUT2D eigenvalue weighted by atomic mass is 9.96. The number of halogens is 3. The topological polar surface area (TPSA) is 12.0 Å². The fourth-order valence-corrected chi connectivity index (χ4v) is 2.63. The van der Waals surface area contributed by atoms with Crippen molar-refractivity contribution >= 4 is 23.2 Å². The van der Waals surface area contributed by atoms with Crippen LogP contribution in [0.1, 0.15) is 31.0 Å². The Bertz CT molecular complexity index is 596. The van der Waals surface area contributed by atoms with Crippen molar-refractivity contribution in [3.8, 4) is 0 Å². The van der Waals surface area contributed by atoms with Gasteiger partial charge in [-0.2, -0.15) is 0 Å². The highest BCUT2D eigenvalue weighted by Gasteiger charge is 2.16. The van der Waals surface area contributed by atoms with Gasteiger partial charge in [-0.3, -0.25) is 0 Å². The molecule has 21 heavy (non-hydrogen) atoms. The zero-order valence-electron chi connectivity index (χ0n) is 12.0. The molecule has 112 valence electrons. The Labute approximate surface area is 135 Å². The largest absolute Gasteiger partial charge is 0.306 e. The maximum Gasteiger partial charge on any atom is 0.127 e. The van der Waals surface area contributed by atoms with Crippen LogP contribution in [0, 0.1) is 11.7 Å². The average molecular weight is 326 g/mol. The molecule has 0 aliphatic rings. The van der Waals surface area contributed by atoms with E-state index in [0.29, 0.717) is 28.1 Å². The molecule has 1 atom stereocenters. The van der Waals surface area contributed by atoms with Crippen molar-refractivity contribution in [1.82, 2.24) is 5.32 Å². The predicted molar refractivity (Wildman–Crippen MR) is 87.3 cm³/mol. The standard InChI is InChI=1S/C17H18Cl2FN/c1-11(2)17(12-3-5-14(18)6-4-12)21-10-13-9-15(19)7-8-16(13)20/h3-9,11,17,21H,10H2,1-2H3. The van der Waals surface area contributed by atoms with E-state index in [9.17, 15) is 4.39 Å². The van der Waals surface area contributed by atoms with Gasteiger partial charge >= 0.3 is 0 Å². The van der Waals surface area contributed by atoms with Gasteiger partial charge in [0.15, 0.2) is 0 Å². The van der Waals surface area contributed by atoms with Crippen LogP contribution in [0.4, 0.5) is 4.39 Å². The molecule has 0 amide bonds. The summed E-state index contributed by atoms with van der Waals surface area (Å²) >= 11 is 11.8. The second-order valence-corrected chi connectivity index (χ2v) is 6.26. The van der Waals surface area contributed by atoms with E-state index in [1.54, 1.807) is 12.1 Å². The van der Waals surface area contributed by atoms with Gasteiger partial charge in [-0.15, -0.1) is 0 Å². The summed E-state index contributed by atoms with van der Waals surface area (Å²) in [4.78, 5) is 0. The number of nitrogens with one attached hydrogen (secondary N) is 1. The van der Waals surface area contributed by atoms with Crippen molar-refractivity contribution in [1.29, 1.82) is 0 Å². The van der Waals surface area contributed by atoms with Crippen LogP contribution in [0.25, 0.3) is 0 Å². The lowest BCUT2D eigenvalue weighted by Gasteiger charge is -2.23. The van der Waals surface area contributed by atoms with Crippen LogP contribution in [0.15, 0.2) is 42.5 Å². The molecule has 0 aliphatic carbocycles. The van der Waals surface area contributed by atoms with Gasteiger partial charge in [-0.1, -0.05) is 49.2 Å². The first-order chi connectivity index (χ1) is 9.97. The minimum atomic E-state index is -0.245. The minimum absolute atomic E-state index is 0.126. The Hall–Kier alpha value is -1.09. The molecule has 1 unspecified atom stereocenters. The molecule has 0 aromatic heterocycles. The van der Waals surface area contributed by atoms with Crippen LogP contribution in [0.2, 0.25) is 10.0 Å². The summed E-state index contributed by atoms with van der Waals surface area (Å²) in [6.07, 6.45) is 0. The monoisotopic (exact) mass is 325 g/mol. The summed E-state index contributed by atoms with van der Waals surface area (Å²) in [5, 5.41) is 4.65. The molecule has 2 aromatic rings. The van der Waals surface area contributed by atoms with Gasteiger partial charge in [0.05, 0.1) is 0 Å². The number of rotatable bonds is 5. The Morgan fingerprint density at radius 3 is 2.24 bits per heavy atom. The molecular formula is C17H18Cl2FN. The second-order valence-electron chi connectivity index (χ2n) is 5.39. The first-order valence-electron chi connectivity index (χ1n) is 6.90. The second kappa shape index (κ2) is 7.26. The van der Waals surface area contributed by atoms with Crippen molar-refractivity contribution in [2.75, 3.05) is 0 Å². The lowest BCUT2D eigenvalue weighted by Crippen LogP contribution is -2.25. The minimum Gasteiger partial charge on any atom is -0.306 e. The molecule has 0 saturated heterocycles. The fraction of sp³-hybridized carbons (Fsp3) is 0.294. The Balaban J connectivity index is 2.13. The molecular weight excluding hydrogens is 308 g/mol. The Morgan fingerprint density at radius 2 is 1.62 bits per heavy atom. The normalized spacial score (nSPS) is 12.7. The van der Waals surface area contributed by atoms with Gasteiger partial charge in [0.25, 0.3) is 0 Å². The quantitative estimate of drug-likeness (QED) is 0.752. The first-order valence-corrected chi connectivity index (χ1v) is 7.65. The molecule has 0 heterocycles. The van der Waals surface area contributed by atoms with E-state index >= 15 is 0 Å². The molecule has 2 rings (SSSR count). The molecule has 0 fully saturated rings. The van der Waals surface area contributed by atoms with Crippen LogP contribution in [0.5, 0.6) is 0 Å². The summed E-state index contributed by atoms with van der Waals surface area (Å²) in [7, 11) is 0. The maximum absolute atomic E-state index is 13.8. The highest BCUT2D eigenvalue weighted by molar-refractivity contribution is 6.30. The Kier molecular flexibility index (Phi) is 5.63. The van der Waals surface area contributed by atoms with Gasteiger partial charge in [0.1, 0.15) is 5.82 Å².